The molecule has 7 heteroatoms. The molecular weight excluding hydrogens is 216 g/mol. The fraction of sp³-hybridized carbons (Fsp3) is 0.286. The molecule has 1 aromatic heterocycles. The van der Waals surface area contributed by atoms with Crippen LogP contribution in [-0.4, -0.2) is 21.8 Å². The second-order valence-electron chi connectivity index (χ2n) is 2.57. The van der Waals surface area contributed by atoms with Crippen molar-refractivity contribution in [2.75, 3.05) is 5.32 Å². The Morgan fingerprint density at radius 2 is 2.14 bits per heavy atom. The van der Waals surface area contributed by atoms with Gasteiger partial charge in [-0.1, -0.05) is 11.6 Å². The summed E-state index contributed by atoms with van der Waals surface area (Å²) < 4.78 is 24.8. The lowest BCUT2D eigenvalue weighted by atomic mass is 10.3. The summed E-state index contributed by atoms with van der Waals surface area (Å²) in [6, 6.07) is 0. The highest BCUT2D eigenvalue weighted by Gasteiger charge is 2.32. The molecule has 1 N–H and O–H groups in total. The average Bonchev–Trinajstić information content (AvgIpc) is 2.07. The van der Waals surface area contributed by atoms with Gasteiger partial charge in [-0.15, -0.1) is 0 Å². The van der Waals surface area contributed by atoms with Crippen LogP contribution in [-0.2, 0) is 4.79 Å². The first-order chi connectivity index (χ1) is 6.39. The van der Waals surface area contributed by atoms with Crippen LogP contribution >= 0.6 is 11.6 Å². The number of halogens is 3. The van der Waals surface area contributed by atoms with Gasteiger partial charge in [0.15, 0.2) is 5.82 Å². The van der Waals surface area contributed by atoms with Crippen LogP contribution in [0.1, 0.15) is 6.92 Å². The summed E-state index contributed by atoms with van der Waals surface area (Å²) in [5, 5.41) is 2.00. The van der Waals surface area contributed by atoms with E-state index in [0.29, 0.717) is 6.92 Å². The van der Waals surface area contributed by atoms with Gasteiger partial charge in [0.2, 0.25) is 0 Å². The summed E-state index contributed by atoms with van der Waals surface area (Å²) in [5.74, 6) is -4.95. The van der Waals surface area contributed by atoms with Crippen molar-refractivity contribution in [3.63, 3.8) is 0 Å². The Morgan fingerprint density at radius 3 is 2.57 bits per heavy atom. The summed E-state index contributed by atoms with van der Waals surface area (Å²) >= 11 is 5.40. The van der Waals surface area contributed by atoms with E-state index in [1.807, 2.05) is 5.32 Å². The molecule has 0 spiro atoms. The Hall–Kier alpha value is -1.30. The normalized spacial score (nSPS) is 11.1. The van der Waals surface area contributed by atoms with Crippen molar-refractivity contribution < 1.29 is 13.6 Å². The van der Waals surface area contributed by atoms with E-state index in [1.165, 1.54) is 0 Å². The molecule has 0 fully saturated rings. The van der Waals surface area contributed by atoms with E-state index in [2.05, 4.69) is 9.97 Å². The molecule has 1 rings (SSSR count). The molecule has 0 atom stereocenters. The largest absolute Gasteiger partial charge is 0.322 e. The smallest absolute Gasteiger partial charge is 0.304 e. The molecule has 76 valence electrons. The molecule has 1 aromatic rings. The van der Waals surface area contributed by atoms with E-state index in [0.717, 1.165) is 12.4 Å². The number of nitrogens with one attached hydrogen (secondary N) is 1. The summed E-state index contributed by atoms with van der Waals surface area (Å²) in [6.45, 7) is 0.492. The van der Waals surface area contributed by atoms with Crippen LogP contribution in [0.4, 0.5) is 14.6 Å². The van der Waals surface area contributed by atoms with Crippen molar-refractivity contribution in [1.82, 2.24) is 9.97 Å². The monoisotopic (exact) mass is 221 g/mol. The summed E-state index contributed by atoms with van der Waals surface area (Å²) in [6.07, 6.45) is 2.23. The zero-order valence-electron chi connectivity index (χ0n) is 7.09. The lowest BCUT2D eigenvalue weighted by Crippen LogP contribution is -2.31. The molecule has 1 heterocycles. The first-order valence-electron chi connectivity index (χ1n) is 3.56. The molecule has 0 aliphatic carbocycles. The maximum Gasteiger partial charge on any atom is 0.322 e. The molecule has 4 nitrogen and oxygen atoms in total. The van der Waals surface area contributed by atoms with Gasteiger partial charge in [-0.2, -0.15) is 8.78 Å². The predicted octanol–water partition coefficient (Wildman–Crippen LogP) is 1.72. The van der Waals surface area contributed by atoms with E-state index in [4.69, 9.17) is 11.6 Å². The minimum Gasteiger partial charge on any atom is -0.304 e. The molecule has 0 unspecified atom stereocenters. The third-order valence-corrected chi connectivity index (χ3v) is 1.46. The van der Waals surface area contributed by atoms with Gasteiger partial charge >= 0.3 is 5.92 Å². The van der Waals surface area contributed by atoms with Gasteiger partial charge in [0.25, 0.3) is 5.91 Å². The number of hydrogen-bond acceptors (Lipinski definition) is 3. The van der Waals surface area contributed by atoms with Crippen LogP contribution in [0.15, 0.2) is 12.4 Å². The Kier molecular flexibility index (Phi) is 2.95. The highest BCUT2D eigenvalue weighted by molar-refractivity contribution is 6.29. The van der Waals surface area contributed by atoms with Crippen molar-refractivity contribution >= 4 is 23.3 Å². The molecule has 0 saturated heterocycles. The third kappa shape index (κ3) is 2.88. The minimum absolute atomic E-state index is 0.0686. The zero-order valence-corrected chi connectivity index (χ0v) is 7.85. The Labute approximate surface area is 83.3 Å². The number of carbonyl (C=O) groups is 1. The maximum atomic E-state index is 12.4. The predicted molar refractivity (Wildman–Crippen MR) is 46.3 cm³/mol. The number of rotatable bonds is 2. The molecule has 0 radical (unpaired) electrons. The second kappa shape index (κ2) is 3.83. The quantitative estimate of drug-likeness (QED) is 0.827. The lowest BCUT2D eigenvalue weighted by molar-refractivity contribution is -0.137. The van der Waals surface area contributed by atoms with Gasteiger partial charge < -0.3 is 5.32 Å². The van der Waals surface area contributed by atoms with Crippen molar-refractivity contribution in [2.45, 2.75) is 12.8 Å². The van der Waals surface area contributed by atoms with Gasteiger partial charge in [0, 0.05) is 6.92 Å². The molecular formula is C7H6ClF2N3O. The van der Waals surface area contributed by atoms with Crippen molar-refractivity contribution in [3.05, 3.63) is 17.5 Å². The number of carbonyl (C=O) groups excluding carboxylic acids is 1. The van der Waals surface area contributed by atoms with Crippen molar-refractivity contribution in [3.8, 4) is 0 Å². The van der Waals surface area contributed by atoms with Crippen LogP contribution in [0.25, 0.3) is 0 Å². The van der Waals surface area contributed by atoms with E-state index in [1.54, 1.807) is 0 Å². The standard InChI is InChI=1S/C7H6ClF2N3O/c1-7(9,10)6(14)13-5-3-11-4(8)2-12-5/h2-3H,1H3,(H,12,13,14). The van der Waals surface area contributed by atoms with Gasteiger partial charge in [-0.05, 0) is 0 Å². The fourth-order valence-corrected chi connectivity index (χ4v) is 0.700. The molecule has 0 aliphatic heterocycles. The number of hydrogen-bond donors (Lipinski definition) is 1. The molecule has 0 saturated carbocycles. The number of aromatic nitrogens is 2. The molecule has 14 heavy (non-hydrogen) atoms. The highest BCUT2D eigenvalue weighted by atomic mass is 35.5. The van der Waals surface area contributed by atoms with Gasteiger partial charge in [0.05, 0.1) is 12.4 Å². The maximum absolute atomic E-state index is 12.4. The summed E-state index contributed by atoms with van der Waals surface area (Å²) in [4.78, 5) is 17.9. The average molecular weight is 222 g/mol. The molecule has 0 aromatic carbocycles. The van der Waals surface area contributed by atoms with Crippen molar-refractivity contribution in [1.29, 1.82) is 0 Å². The number of alkyl halides is 2. The van der Waals surface area contributed by atoms with Gasteiger partial charge in [0.1, 0.15) is 5.15 Å². The Morgan fingerprint density at radius 1 is 1.50 bits per heavy atom. The SMILES string of the molecule is CC(F)(F)C(=O)Nc1cnc(Cl)cn1. The number of amides is 1. The molecule has 1 amide bonds. The fourth-order valence-electron chi connectivity index (χ4n) is 0.603. The number of anilines is 1. The van der Waals surface area contributed by atoms with Crippen LogP contribution in [0.5, 0.6) is 0 Å². The van der Waals surface area contributed by atoms with Crippen molar-refractivity contribution in [2.24, 2.45) is 0 Å². The summed E-state index contributed by atoms with van der Waals surface area (Å²) in [7, 11) is 0. The molecule has 0 bridgehead atoms. The Balaban J connectivity index is 2.71. The van der Waals surface area contributed by atoms with Crippen LogP contribution < -0.4 is 5.32 Å². The first-order valence-corrected chi connectivity index (χ1v) is 3.94. The zero-order chi connectivity index (χ0) is 10.8. The number of nitrogens with zero attached hydrogens (tertiary/aromatic N) is 2. The van der Waals surface area contributed by atoms with Gasteiger partial charge in [-0.3, -0.25) is 4.79 Å². The molecule has 0 aliphatic rings. The van der Waals surface area contributed by atoms with Crippen LogP contribution in [0.3, 0.4) is 0 Å². The van der Waals surface area contributed by atoms with E-state index < -0.39 is 11.8 Å². The highest BCUT2D eigenvalue weighted by Crippen LogP contribution is 2.14. The minimum atomic E-state index is -3.44. The Bertz CT molecular complexity index is 336. The van der Waals surface area contributed by atoms with Crippen LogP contribution in [0, 0.1) is 0 Å². The van der Waals surface area contributed by atoms with Crippen LogP contribution in [0.2, 0.25) is 5.15 Å². The van der Waals surface area contributed by atoms with E-state index in [9.17, 15) is 13.6 Å². The first kappa shape index (κ1) is 10.8. The van der Waals surface area contributed by atoms with E-state index in [-0.39, 0.29) is 11.0 Å². The topological polar surface area (TPSA) is 54.9 Å². The second-order valence-corrected chi connectivity index (χ2v) is 2.95. The third-order valence-electron chi connectivity index (χ3n) is 1.26. The van der Waals surface area contributed by atoms with Gasteiger partial charge in [-0.25, -0.2) is 9.97 Å². The summed E-state index contributed by atoms with van der Waals surface area (Å²) in [5.41, 5.74) is 0. The lowest BCUT2D eigenvalue weighted by Gasteiger charge is -2.09. The van der Waals surface area contributed by atoms with E-state index >= 15 is 0 Å².